The molecule has 0 atom stereocenters. The Kier molecular flexibility index (Phi) is 3.73. The first kappa shape index (κ1) is 13.9. The molecule has 0 radical (unpaired) electrons. The smallest absolute Gasteiger partial charge is 0.322 e. The van der Waals surface area contributed by atoms with Crippen molar-refractivity contribution in [3.05, 3.63) is 34.9 Å². The molecule has 1 aromatic carbocycles. The van der Waals surface area contributed by atoms with Crippen LogP contribution in [-0.4, -0.2) is 22.3 Å². The molecule has 3 nitrogen and oxygen atoms in total. The fourth-order valence-corrected chi connectivity index (χ4v) is 3.75. The number of carbonyl (C=O) groups excluding carboxylic acids is 1. The van der Waals surface area contributed by atoms with Crippen molar-refractivity contribution in [3.8, 4) is 0 Å². The lowest BCUT2D eigenvalue weighted by molar-refractivity contribution is -0.143. The van der Waals surface area contributed by atoms with Crippen LogP contribution in [0.5, 0.6) is 0 Å². The van der Waals surface area contributed by atoms with Crippen LogP contribution < -0.4 is 0 Å². The number of halogens is 1. The Hall–Kier alpha value is -1.07. The molecule has 1 aromatic heterocycles. The normalized spacial score (nSPS) is 16.1. The van der Waals surface area contributed by atoms with Gasteiger partial charge in [-0.15, -0.1) is 11.8 Å². The van der Waals surface area contributed by atoms with E-state index in [-0.39, 0.29) is 10.7 Å². The minimum Gasteiger partial charge on any atom is -0.465 e. The fourth-order valence-electron chi connectivity index (χ4n) is 2.12. The van der Waals surface area contributed by atoms with Crippen molar-refractivity contribution in [1.29, 1.82) is 0 Å². The number of rotatable bonds is 4. The molecule has 3 rings (SSSR count). The maximum absolute atomic E-state index is 12.1. The number of thioether (sulfide) groups is 1. The molecule has 1 aliphatic carbocycles. The Labute approximate surface area is 130 Å². The zero-order valence-electron chi connectivity index (χ0n) is 11.1. The molecule has 0 spiro atoms. The molecule has 0 N–H and O–H groups in total. The van der Waals surface area contributed by atoms with Crippen LogP contribution in [0.3, 0.4) is 0 Å². The minimum absolute atomic E-state index is 0.0926. The van der Waals surface area contributed by atoms with Crippen molar-refractivity contribution >= 4 is 44.6 Å². The van der Waals surface area contributed by atoms with Gasteiger partial charge in [0.1, 0.15) is 4.75 Å². The number of esters is 1. The highest BCUT2D eigenvalue weighted by molar-refractivity contribution is 9.10. The number of ether oxygens (including phenoxy) is 1. The first-order chi connectivity index (χ1) is 9.64. The van der Waals surface area contributed by atoms with Gasteiger partial charge in [0.05, 0.1) is 12.1 Å². The molecular formula is C15H14BrNO2S. The summed E-state index contributed by atoms with van der Waals surface area (Å²) in [4.78, 5) is 17.5. The quantitative estimate of drug-likeness (QED) is 0.774. The van der Waals surface area contributed by atoms with Crippen molar-refractivity contribution in [2.45, 2.75) is 29.4 Å². The van der Waals surface area contributed by atoms with Gasteiger partial charge in [0.25, 0.3) is 0 Å². The average Bonchev–Trinajstić information content (AvgIpc) is 3.21. The standard InChI is InChI=1S/C15H14BrNO2S/c1-2-19-14(18)15(6-7-15)20-13-5-8-17-12-4-3-10(16)9-11(12)13/h3-5,8-9H,2,6-7H2,1H3. The summed E-state index contributed by atoms with van der Waals surface area (Å²) < 4.78 is 5.82. The third kappa shape index (κ3) is 2.56. The van der Waals surface area contributed by atoms with E-state index in [1.165, 1.54) is 0 Å². The van der Waals surface area contributed by atoms with E-state index in [9.17, 15) is 4.79 Å². The van der Waals surface area contributed by atoms with Gasteiger partial charge in [-0.3, -0.25) is 9.78 Å². The van der Waals surface area contributed by atoms with E-state index < -0.39 is 0 Å². The second kappa shape index (κ2) is 5.37. The van der Waals surface area contributed by atoms with Crippen molar-refractivity contribution in [1.82, 2.24) is 4.98 Å². The summed E-state index contributed by atoms with van der Waals surface area (Å²) in [6, 6.07) is 7.97. The van der Waals surface area contributed by atoms with E-state index in [1.807, 2.05) is 31.2 Å². The molecule has 1 saturated carbocycles. The highest BCUT2D eigenvalue weighted by Crippen LogP contribution is 2.53. The van der Waals surface area contributed by atoms with Gasteiger partial charge in [0.2, 0.25) is 0 Å². The fraction of sp³-hybridized carbons (Fsp3) is 0.333. The zero-order valence-corrected chi connectivity index (χ0v) is 13.5. The molecule has 0 amide bonds. The van der Waals surface area contributed by atoms with Crippen molar-refractivity contribution in [2.24, 2.45) is 0 Å². The van der Waals surface area contributed by atoms with Gasteiger partial charge >= 0.3 is 5.97 Å². The number of hydrogen-bond acceptors (Lipinski definition) is 4. The third-order valence-electron chi connectivity index (χ3n) is 3.32. The highest BCUT2D eigenvalue weighted by atomic mass is 79.9. The number of aromatic nitrogens is 1. The lowest BCUT2D eigenvalue weighted by Crippen LogP contribution is -2.21. The summed E-state index contributed by atoms with van der Waals surface area (Å²) in [6.07, 6.45) is 3.56. The van der Waals surface area contributed by atoms with Gasteiger partial charge in [-0.2, -0.15) is 0 Å². The molecule has 1 heterocycles. The first-order valence-electron chi connectivity index (χ1n) is 6.55. The van der Waals surface area contributed by atoms with E-state index in [1.54, 1.807) is 18.0 Å². The van der Waals surface area contributed by atoms with E-state index in [4.69, 9.17) is 4.74 Å². The largest absolute Gasteiger partial charge is 0.465 e. The molecule has 104 valence electrons. The van der Waals surface area contributed by atoms with Gasteiger partial charge in [-0.05, 0) is 44.0 Å². The Morgan fingerprint density at radius 1 is 1.45 bits per heavy atom. The van der Waals surface area contributed by atoms with E-state index in [0.717, 1.165) is 33.1 Å². The third-order valence-corrected chi connectivity index (χ3v) is 5.36. The molecule has 0 unspecified atom stereocenters. The predicted octanol–water partition coefficient (Wildman–Crippen LogP) is 4.19. The lowest BCUT2D eigenvalue weighted by atomic mass is 10.2. The molecule has 0 saturated heterocycles. The van der Waals surface area contributed by atoms with Gasteiger partial charge < -0.3 is 4.74 Å². The van der Waals surface area contributed by atoms with Gasteiger partial charge in [-0.25, -0.2) is 0 Å². The molecule has 1 fully saturated rings. The Bertz CT molecular complexity index is 670. The maximum atomic E-state index is 12.1. The Morgan fingerprint density at radius 3 is 2.95 bits per heavy atom. The summed E-state index contributed by atoms with van der Waals surface area (Å²) >= 11 is 5.09. The number of hydrogen-bond donors (Lipinski definition) is 0. The van der Waals surface area contributed by atoms with Crippen LogP contribution in [0.4, 0.5) is 0 Å². The zero-order chi connectivity index (χ0) is 14.2. The second-order valence-electron chi connectivity index (χ2n) is 4.79. The second-order valence-corrected chi connectivity index (χ2v) is 7.13. The van der Waals surface area contributed by atoms with Crippen LogP contribution in [0.25, 0.3) is 10.9 Å². The Balaban J connectivity index is 1.95. The Morgan fingerprint density at radius 2 is 2.25 bits per heavy atom. The number of fused-ring (bicyclic) bond motifs is 1. The summed E-state index contributed by atoms with van der Waals surface area (Å²) in [6.45, 7) is 2.28. The minimum atomic E-state index is -0.382. The predicted molar refractivity (Wildman–Crippen MR) is 83.9 cm³/mol. The summed E-state index contributed by atoms with van der Waals surface area (Å²) in [7, 11) is 0. The van der Waals surface area contributed by atoms with Crippen LogP contribution in [0.1, 0.15) is 19.8 Å². The van der Waals surface area contributed by atoms with E-state index in [0.29, 0.717) is 6.61 Å². The highest BCUT2D eigenvalue weighted by Gasteiger charge is 2.52. The first-order valence-corrected chi connectivity index (χ1v) is 8.16. The number of nitrogens with zero attached hydrogens (tertiary/aromatic N) is 1. The summed E-state index contributed by atoms with van der Waals surface area (Å²) in [5.74, 6) is -0.0926. The molecule has 2 aromatic rings. The molecule has 1 aliphatic rings. The van der Waals surface area contributed by atoms with Gasteiger partial charge in [0.15, 0.2) is 0 Å². The maximum Gasteiger partial charge on any atom is 0.322 e. The monoisotopic (exact) mass is 351 g/mol. The van der Waals surface area contributed by atoms with E-state index in [2.05, 4.69) is 20.9 Å². The molecule has 5 heteroatoms. The SMILES string of the molecule is CCOC(=O)C1(Sc2ccnc3ccc(Br)cc23)CC1. The van der Waals surface area contributed by atoms with Crippen molar-refractivity contribution in [3.63, 3.8) is 0 Å². The number of benzene rings is 1. The van der Waals surface area contributed by atoms with Crippen LogP contribution in [-0.2, 0) is 9.53 Å². The van der Waals surface area contributed by atoms with Crippen molar-refractivity contribution < 1.29 is 9.53 Å². The van der Waals surface area contributed by atoms with Crippen LogP contribution >= 0.6 is 27.7 Å². The topological polar surface area (TPSA) is 39.2 Å². The van der Waals surface area contributed by atoms with Crippen LogP contribution in [0.2, 0.25) is 0 Å². The van der Waals surface area contributed by atoms with Crippen LogP contribution in [0, 0.1) is 0 Å². The number of pyridine rings is 1. The molecule has 0 bridgehead atoms. The summed E-state index contributed by atoms with van der Waals surface area (Å²) in [5.41, 5.74) is 0.942. The molecular weight excluding hydrogens is 338 g/mol. The average molecular weight is 352 g/mol. The van der Waals surface area contributed by atoms with Crippen molar-refractivity contribution in [2.75, 3.05) is 6.61 Å². The lowest BCUT2D eigenvalue weighted by Gasteiger charge is -2.14. The van der Waals surface area contributed by atoms with Gasteiger partial charge in [0, 0.05) is 21.0 Å². The summed E-state index contributed by atoms with van der Waals surface area (Å²) in [5, 5.41) is 1.07. The molecule has 0 aliphatic heterocycles. The van der Waals surface area contributed by atoms with Crippen LogP contribution in [0.15, 0.2) is 39.8 Å². The number of carbonyl (C=O) groups is 1. The van der Waals surface area contributed by atoms with Gasteiger partial charge in [-0.1, -0.05) is 15.9 Å². The van der Waals surface area contributed by atoms with E-state index >= 15 is 0 Å². The molecule has 20 heavy (non-hydrogen) atoms.